The Bertz CT molecular complexity index is 896. The standard InChI is InChI=1S/C15H17N3O5S2/c1-15(2,3)8-12(19)17-14-16-9-13(24-14)25(22,23)11-6-4-10(5-7-11)18(20)21/h4-7,9H,8H2,1-3H3,(H,16,17,19). The zero-order chi connectivity index (χ0) is 18.8. The zero-order valence-electron chi connectivity index (χ0n) is 13.8. The number of thiazole rings is 1. The molecule has 0 bridgehead atoms. The molecule has 0 saturated carbocycles. The topological polar surface area (TPSA) is 119 Å². The van der Waals surface area contributed by atoms with Gasteiger partial charge in [-0.15, -0.1) is 0 Å². The second kappa shape index (κ2) is 6.89. The number of aromatic nitrogens is 1. The van der Waals surface area contributed by atoms with Crippen LogP contribution in [-0.2, 0) is 14.6 Å². The van der Waals surface area contributed by atoms with Crippen LogP contribution in [0.5, 0.6) is 0 Å². The van der Waals surface area contributed by atoms with E-state index in [2.05, 4.69) is 10.3 Å². The number of sulfone groups is 1. The third-order valence-electron chi connectivity index (χ3n) is 3.04. The molecule has 1 N–H and O–H groups in total. The Kier molecular flexibility index (Phi) is 5.23. The van der Waals surface area contributed by atoms with Crippen molar-refractivity contribution in [3.8, 4) is 0 Å². The summed E-state index contributed by atoms with van der Waals surface area (Å²) in [5, 5.41) is 13.4. The smallest absolute Gasteiger partial charge is 0.269 e. The predicted octanol–water partition coefficient (Wildman–Crippen LogP) is 3.26. The second-order valence-corrected chi connectivity index (χ2v) is 9.73. The number of nitro groups is 1. The van der Waals surface area contributed by atoms with E-state index in [4.69, 9.17) is 0 Å². The lowest BCUT2D eigenvalue weighted by Gasteiger charge is -2.16. The SMILES string of the molecule is CC(C)(C)CC(=O)Nc1ncc(S(=O)(=O)c2ccc([N+](=O)[O-])cc2)s1. The second-order valence-electron chi connectivity index (χ2n) is 6.52. The highest BCUT2D eigenvalue weighted by Gasteiger charge is 2.23. The van der Waals surface area contributed by atoms with Crippen LogP contribution in [-0.4, -0.2) is 24.2 Å². The van der Waals surface area contributed by atoms with Gasteiger partial charge in [0.1, 0.15) is 4.21 Å². The Morgan fingerprint density at radius 1 is 1.28 bits per heavy atom. The number of nitro benzene ring substituents is 1. The lowest BCUT2D eigenvalue weighted by molar-refractivity contribution is -0.384. The summed E-state index contributed by atoms with van der Waals surface area (Å²) < 4.78 is 25.0. The summed E-state index contributed by atoms with van der Waals surface area (Å²) in [5.41, 5.74) is -0.395. The number of non-ortho nitro benzene ring substituents is 1. The van der Waals surface area contributed by atoms with Crippen LogP contribution in [0, 0.1) is 15.5 Å². The maximum Gasteiger partial charge on any atom is 0.269 e. The van der Waals surface area contributed by atoms with Gasteiger partial charge in [0.15, 0.2) is 5.13 Å². The molecule has 2 rings (SSSR count). The fourth-order valence-corrected chi connectivity index (χ4v) is 4.40. The lowest BCUT2D eigenvalue weighted by Crippen LogP contribution is -2.19. The van der Waals surface area contributed by atoms with Crippen molar-refractivity contribution in [3.05, 3.63) is 40.6 Å². The van der Waals surface area contributed by atoms with E-state index in [1.54, 1.807) is 0 Å². The molecule has 1 aromatic heterocycles. The van der Waals surface area contributed by atoms with Gasteiger partial charge in [0.2, 0.25) is 15.7 Å². The maximum atomic E-state index is 12.5. The van der Waals surface area contributed by atoms with Crippen LogP contribution < -0.4 is 5.32 Å². The molecule has 10 heteroatoms. The first-order valence-corrected chi connectivity index (χ1v) is 9.54. The molecule has 0 radical (unpaired) electrons. The van der Waals surface area contributed by atoms with Gasteiger partial charge in [0.05, 0.1) is 16.0 Å². The number of anilines is 1. The van der Waals surface area contributed by atoms with Gasteiger partial charge >= 0.3 is 0 Å². The van der Waals surface area contributed by atoms with Crippen LogP contribution in [0.25, 0.3) is 0 Å². The molecule has 2 aromatic rings. The van der Waals surface area contributed by atoms with Gasteiger partial charge in [-0.25, -0.2) is 13.4 Å². The fraction of sp³-hybridized carbons (Fsp3) is 0.333. The van der Waals surface area contributed by atoms with Crippen LogP contribution in [0.1, 0.15) is 27.2 Å². The highest BCUT2D eigenvalue weighted by molar-refractivity contribution is 7.93. The average Bonchev–Trinajstić information content (AvgIpc) is 2.94. The number of nitrogens with one attached hydrogen (secondary N) is 1. The number of nitrogens with zero attached hydrogens (tertiary/aromatic N) is 2. The molecule has 1 aromatic carbocycles. The van der Waals surface area contributed by atoms with Crippen molar-refractivity contribution in [1.82, 2.24) is 4.98 Å². The minimum absolute atomic E-state index is 0.0487. The molecule has 0 spiro atoms. The quantitative estimate of drug-likeness (QED) is 0.625. The molecule has 0 aliphatic carbocycles. The Labute approximate surface area is 149 Å². The third-order valence-corrected chi connectivity index (χ3v) is 6.19. The van der Waals surface area contributed by atoms with E-state index in [1.807, 2.05) is 20.8 Å². The molecule has 0 aliphatic heterocycles. The monoisotopic (exact) mass is 383 g/mol. The Morgan fingerprint density at radius 2 is 1.88 bits per heavy atom. The van der Waals surface area contributed by atoms with Gasteiger partial charge < -0.3 is 5.32 Å². The van der Waals surface area contributed by atoms with E-state index in [-0.39, 0.29) is 37.7 Å². The highest BCUT2D eigenvalue weighted by atomic mass is 32.2. The Morgan fingerprint density at radius 3 is 2.40 bits per heavy atom. The summed E-state index contributed by atoms with van der Waals surface area (Å²) >= 11 is 0.835. The normalized spacial score (nSPS) is 12.0. The van der Waals surface area contributed by atoms with Crippen molar-refractivity contribution in [2.45, 2.75) is 36.3 Å². The van der Waals surface area contributed by atoms with Crippen molar-refractivity contribution in [3.63, 3.8) is 0 Å². The average molecular weight is 383 g/mol. The van der Waals surface area contributed by atoms with Crippen LogP contribution in [0.4, 0.5) is 10.8 Å². The summed E-state index contributed by atoms with van der Waals surface area (Å²) in [4.78, 5) is 25.8. The first kappa shape index (κ1) is 19.0. The van der Waals surface area contributed by atoms with Crippen LogP contribution in [0.15, 0.2) is 39.6 Å². The zero-order valence-corrected chi connectivity index (χ0v) is 15.5. The minimum Gasteiger partial charge on any atom is -0.302 e. The van der Waals surface area contributed by atoms with Crippen LogP contribution >= 0.6 is 11.3 Å². The Balaban J connectivity index is 2.20. The summed E-state index contributed by atoms with van der Waals surface area (Å²) in [6.45, 7) is 5.75. The van der Waals surface area contributed by atoms with E-state index >= 15 is 0 Å². The molecule has 134 valence electrons. The predicted molar refractivity (Wildman–Crippen MR) is 93.4 cm³/mol. The summed E-state index contributed by atoms with van der Waals surface area (Å²) in [7, 11) is -3.85. The van der Waals surface area contributed by atoms with Crippen molar-refractivity contribution in [1.29, 1.82) is 0 Å². The van der Waals surface area contributed by atoms with E-state index < -0.39 is 14.8 Å². The number of hydrogen-bond donors (Lipinski definition) is 1. The number of benzene rings is 1. The van der Waals surface area contributed by atoms with Gasteiger partial charge in [0.25, 0.3) is 5.69 Å². The van der Waals surface area contributed by atoms with E-state index in [1.165, 1.54) is 12.1 Å². The number of carbonyl (C=O) groups is 1. The summed E-state index contributed by atoms with van der Waals surface area (Å²) in [5.74, 6) is -0.249. The number of hydrogen-bond acceptors (Lipinski definition) is 7. The van der Waals surface area contributed by atoms with E-state index in [0.717, 1.165) is 29.7 Å². The molecule has 0 atom stereocenters. The number of carbonyl (C=O) groups excluding carboxylic acids is 1. The molecule has 0 fully saturated rings. The van der Waals surface area contributed by atoms with Gasteiger partial charge in [-0.3, -0.25) is 14.9 Å². The largest absolute Gasteiger partial charge is 0.302 e. The van der Waals surface area contributed by atoms with Crippen molar-refractivity contribution in [2.24, 2.45) is 5.41 Å². The number of amides is 1. The summed E-state index contributed by atoms with van der Waals surface area (Å²) in [6.07, 6.45) is 1.44. The van der Waals surface area contributed by atoms with Crippen molar-refractivity contribution < 1.29 is 18.1 Å². The molecule has 25 heavy (non-hydrogen) atoms. The third kappa shape index (κ3) is 4.83. The van der Waals surface area contributed by atoms with Crippen molar-refractivity contribution >= 4 is 37.9 Å². The van der Waals surface area contributed by atoms with E-state index in [0.29, 0.717) is 0 Å². The fourth-order valence-electron chi connectivity index (χ4n) is 1.95. The first-order valence-electron chi connectivity index (χ1n) is 7.24. The molecule has 0 saturated heterocycles. The molecular weight excluding hydrogens is 366 g/mol. The minimum atomic E-state index is -3.85. The van der Waals surface area contributed by atoms with Gasteiger partial charge in [-0.2, -0.15) is 0 Å². The van der Waals surface area contributed by atoms with Crippen LogP contribution in [0.3, 0.4) is 0 Å². The highest BCUT2D eigenvalue weighted by Crippen LogP contribution is 2.30. The Hall–Kier alpha value is -2.33. The molecule has 0 unspecified atom stereocenters. The molecule has 0 aliphatic rings. The van der Waals surface area contributed by atoms with Crippen LogP contribution in [0.2, 0.25) is 0 Å². The summed E-state index contributed by atoms with van der Waals surface area (Å²) in [6, 6.07) is 4.59. The molecule has 8 nitrogen and oxygen atoms in total. The molecule has 1 amide bonds. The van der Waals surface area contributed by atoms with Crippen molar-refractivity contribution in [2.75, 3.05) is 5.32 Å². The van der Waals surface area contributed by atoms with Gasteiger partial charge in [0, 0.05) is 18.6 Å². The van der Waals surface area contributed by atoms with E-state index in [9.17, 15) is 23.3 Å². The first-order chi connectivity index (χ1) is 11.5. The number of rotatable bonds is 5. The molecule has 1 heterocycles. The maximum absolute atomic E-state index is 12.5. The van der Waals surface area contributed by atoms with Gasteiger partial charge in [-0.05, 0) is 17.5 Å². The molecular formula is C15H17N3O5S2. The van der Waals surface area contributed by atoms with Gasteiger partial charge in [-0.1, -0.05) is 32.1 Å². The lowest BCUT2D eigenvalue weighted by atomic mass is 9.92.